The molecule has 0 aliphatic rings. The maximum absolute atomic E-state index is 5.73. The molecule has 1 heterocycles. The molecule has 0 aliphatic heterocycles. The lowest BCUT2D eigenvalue weighted by atomic mass is 10.2. The summed E-state index contributed by atoms with van der Waals surface area (Å²) >= 11 is 5.73. The van der Waals surface area contributed by atoms with Crippen LogP contribution in [0.25, 0.3) is 0 Å². The minimum absolute atomic E-state index is 0.338. The Balaban J connectivity index is 3.14. The predicted octanol–water partition coefficient (Wildman–Crippen LogP) is 0.776. The van der Waals surface area contributed by atoms with Crippen LogP contribution in [0.2, 0.25) is 5.02 Å². The van der Waals surface area contributed by atoms with Gasteiger partial charge in [-0.05, 0) is 11.6 Å². The van der Waals surface area contributed by atoms with Crippen LogP contribution < -0.4 is 11.5 Å². The summed E-state index contributed by atoms with van der Waals surface area (Å²) in [6.45, 7) is 0.394. The van der Waals surface area contributed by atoms with Gasteiger partial charge in [0.05, 0.1) is 5.02 Å². The zero-order valence-electron chi connectivity index (χ0n) is 5.34. The molecule has 0 amide bonds. The van der Waals surface area contributed by atoms with E-state index in [1.807, 2.05) is 0 Å². The van der Waals surface area contributed by atoms with Gasteiger partial charge in [0, 0.05) is 12.7 Å². The topological polar surface area (TPSA) is 64.9 Å². The first-order chi connectivity index (χ1) is 4.75. The number of anilines is 1. The third kappa shape index (κ3) is 1.20. The largest absolute Gasteiger partial charge is 0.382 e. The normalized spacial score (nSPS) is 9.80. The smallest absolute Gasteiger partial charge is 0.142 e. The van der Waals surface area contributed by atoms with Gasteiger partial charge < -0.3 is 11.5 Å². The van der Waals surface area contributed by atoms with Gasteiger partial charge in [0.1, 0.15) is 5.82 Å². The van der Waals surface area contributed by atoms with Crippen molar-refractivity contribution >= 4 is 17.4 Å². The molecule has 0 unspecified atom stereocenters. The van der Waals surface area contributed by atoms with E-state index in [1.54, 1.807) is 12.3 Å². The fourth-order valence-electron chi connectivity index (χ4n) is 0.660. The molecule has 4 N–H and O–H groups in total. The second kappa shape index (κ2) is 2.86. The van der Waals surface area contributed by atoms with E-state index in [4.69, 9.17) is 23.1 Å². The molecule has 0 radical (unpaired) electrons. The Kier molecular flexibility index (Phi) is 2.09. The van der Waals surface area contributed by atoms with Crippen LogP contribution in [0.1, 0.15) is 5.56 Å². The van der Waals surface area contributed by atoms with Gasteiger partial charge in [-0.25, -0.2) is 4.98 Å². The number of hydrogen-bond acceptors (Lipinski definition) is 3. The van der Waals surface area contributed by atoms with E-state index in [9.17, 15) is 0 Å². The van der Waals surface area contributed by atoms with Crippen molar-refractivity contribution in [2.75, 3.05) is 5.73 Å². The van der Waals surface area contributed by atoms with Crippen molar-refractivity contribution in [2.45, 2.75) is 6.54 Å². The first kappa shape index (κ1) is 7.31. The molecule has 0 atom stereocenters. The molecule has 4 heteroatoms. The van der Waals surface area contributed by atoms with Crippen molar-refractivity contribution in [3.63, 3.8) is 0 Å². The zero-order valence-corrected chi connectivity index (χ0v) is 6.10. The predicted molar refractivity (Wildman–Crippen MR) is 41.6 cm³/mol. The van der Waals surface area contributed by atoms with Gasteiger partial charge in [-0.3, -0.25) is 0 Å². The summed E-state index contributed by atoms with van der Waals surface area (Å²) in [5, 5.41) is 0.463. The van der Waals surface area contributed by atoms with Crippen molar-refractivity contribution in [3.8, 4) is 0 Å². The number of pyridine rings is 1. The van der Waals surface area contributed by atoms with Crippen LogP contribution in [-0.2, 0) is 6.54 Å². The zero-order chi connectivity index (χ0) is 7.56. The van der Waals surface area contributed by atoms with Gasteiger partial charge in [0.15, 0.2) is 0 Å². The van der Waals surface area contributed by atoms with E-state index in [1.165, 1.54) is 0 Å². The Morgan fingerprint density at radius 3 is 2.80 bits per heavy atom. The minimum atomic E-state index is 0.338. The van der Waals surface area contributed by atoms with Crippen LogP contribution >= 0.6 is 11.6 Å². The maximum Gasteiger partial charge on any atom is 0.142 e. The molecule has 0 aliphatic carbocycles. The van der Waals surface area contributed by atoms with E-state index < -0.39 is 0 Å². The van der Waals surface area contributed by atoms with E-state index in [2.05, 4.69) is 4.98 Å². The quantitative estimate of drug-likeness (QED) is 0.633. The molecular formula is C6H8ClN3. The fourth-order valence-corrected chi connectivity index (χ4v) is 0.848. The highest BCUT2D eigenvalue weighted by molar-refractivity contribution is 6.33. The number of nitrogens with two attached hydrogens (primary N) is 2. The summed E-state index contributed by atoms with van der Waals surface area (Å²) in [7, 11) is 0. The van der Waals surface area contributed by atoms with Crippen LogP contribution in [0.3, 0.4) is 0 Å². The molecule has 1 aromatic heterocycles. The summed E-state index contributed by atoms with van der Waals surface area (Å²) in [6, 6.07) is 1.75. The van der Waals surface area contributed by atoms with Crippen LogP contribution in [0.5, 0.6) is 0 Å². The number of rotatable bonds is 1. The van der Waals surface area contributed by atoms with Crippen molar-refractivity contribution in [3.05, 3.63) is 22.8 Å². The molecule has 1 rings (SSSR count). The van der Waals surface area contributed by atoms with Gasteiger partial charge in [-0.2, -0.15) is 0 Å². The molecule has 0 aromatic carbocycles. The van der Waals surface area contributed by atoms with Gasteiger partial charge in [-0.15, -0.1) is 0 Å². The third-order valence-electron chi connectivity index (χ3n) is 1.22. The summed E-state index contributed by atoms with van der Waals surface area (Å²) in [4.78, 5) is 3.78. The summed E-state index contributed by atoms with van der Waals surface area (Å²) in [6.07, 6.45) is 1.59. The Bertz CT molecular complexity index is 236. The molecule has 10 heavy (non-hydrogen) atoms. The van der Waals surface area contributed by atoms with Crippen LogP contribution in [0.15, 0.2) is 12.3 Å². The molecule has 3 nitrogen and oxygen atoms in total. The highest BCUT2D eigenvalue weighted by atomic mass is 35.5. The lowest BCUT2D eigenvalue weighted by Crippen LogP contribution is -2.00. The molecule has 0 spiro atoms. The SMILES string of the molecule is NCc1ccnc(N)c1Cl. The second-order valence-electron chi connectivity index (χ2n) is 1.87. The highest BCUT2D eigenvalue weighted by Gasteiger charge is 2.00. The van der Waals surface area contributed by atoms with E-state index >= 15 is 0 Å². The summed E-state index contributed by atoms with van der Waals surface area (Å²) in [5.41, 5.74) is 11.6. The number of nitrogens with zero attached hydrogens (tertiary/aromatic N) is 1. The number of aromatic nitrogens is 1. The first-order valence-electron chi connectivity index (χ1n) is 2.84. The Hall–Kier alpha value is -0.800. The van der Waals surface area contributed by atoms with Crippen LogP contribution in [-0.4, -0.2) is 4.98 Å². The van der Waals surface area contributed by atoms with Gasteiger partial charge in [0.2, 0.25) is 0 Å². The average molecular weight is 158 g/mol. The maximum atomic E-state index is 5.73. The van der Waals surface area contributed by atoms with E-state index in [0.29, 0.717) is 17.4 Å². The van der Waals surface area contributed by atoms with Crippen molar-refractivity contribution in [1.82, 2.24) is 4.98 Å². The third-order valence-corrected chi connectivity index (χ3v) is 1.65. The van der Waals surface area contributed by atoms with Crippen LogP contribution in [0, 0.1) is 0 Å². The molecule has 1 aromatic rings. The molecule has 0 bridgehead atoms. The van der Waals surface area contributed by atoms with E-state index in [-0.39, 0.29) is 0 Å². The van der Waals surface area contributed by atoms with Crippen molar-refractivity contribution in [2.24, 2.45) is 5.73 Å². The average Bonchev–Trinajstić information content (AvgIpc) is 1.95. The number of nitrogen functional groups attached to an aromatic ring is 1. The van der Waals surface area contributed by atoms with Gasteiger partial charge in [-0.1, -0.05) is 11.6 Å². The molecule has 0 saturated carbocycles. The van der Waals surface area contributed by atoms with Gasteiger partial charge in [0.25, 0.3) is 0 Å². The second-order valence-corrected chi connectivity index (χ2v) is 2.25. The van der Waals surface area contributed by atoms with Crippen molar-refractivity contribution in [1.29, 1.82) is 0 Å². The Morgan fingerprint density at radius 1 is 1.60 bits per heavy atom. The molecule has 0 saturated heterocycles. The Labute approximate surface area is 64.0 Å². The first-order valence-corrected chi connectivity index (χ1v) is 3.22. The van der Waals surface area contributed by atoms with Crippen LogP contribution in [0.4, 0.5) is 5.82 Å². The standard InChI is InChI=1S/C6H8ClN3/c7-5-4(3-8)1-2-10-6(5)9/h1-2H,3,8H2,(H2,9,10). The van der Waals surface area contributed by atoms with Gasteiger partial charge >= 0.3 is 0 Å². The summed E-state index contributed by atoms with van der Waals surface area (Å²) < 4.78 is 0. The Morgan fingerprint density at radius 2 is 2.30 bits per heavy atom. The fraction of sp³-hybridized carbons (Fsp3) is 0.167. The molecular weight excluding hydrogens is 150 g/mol. The summed E-state index contributed by atoms with van der Waals surface area (Å²) in [5.74, 6) is 0.338. The molecule has 0 fully saturated rings. The number of halogens is 1. The monoisotopic (exact) mass is 157 g/mol. The highest BCUT2D eigenvalue weighted by Crippen LogP contribution is 2.19. The number of hydrogen-bond donors (Lipinski definition) is 2. The lowest BCUT2D eigenvalue weighted by Gasteiger charge is -2.00. The minimum Gasteiger partial charge on any atom is -0.382 e. The van der Waals surface area contributed by atoms with Crippen molar-refractivity contribution < 1.29 is 0 Å². The van der Waals surface area contributed by atoms with E-state index in [0.717, 1.165) is 5.56 Å². The lowest BCUT2D eigenvalue weighted by molar-refractivity contribution is 1.06. The molecule has 54 valence electrons.